The lowest BCUT2D eigenvalue weighted by molar-refractivity contribution is -0.129. The van der Waals surface area contributed by atoms with Crippen molar-refractivity contribution in [2.45, 2.75) is 37.6 Å². The SMILES string of the molecule is O=C(CSc1nc(CO)cn1Cc1ccc(F)cc1)N1CCCCC1. The first-order valence-electron chi connectivity index (χ1n) is 8.47. The van der Waals surface area contributed by atoms with Gasteiger partial charge in [0.05, 0.1) is 18.1 Å². The van der Waals surface area contributed by atoms with Crippen LogP contribution in [-0.4, -0.2) is 44.3 Å². The van der Waals surface area contributed by atoms with E-state index in [9.17, 15) is 14.3 Å². The van der Waals surface area contributed by atoms with E-state index in [0.717, 1.165) is 31.5 Å². The van der Waals surface area contributed by atoms with Crippen LogP contribution in [0.1, 0.15) is 30.5 Å². The molecule has 5 nitrogen and oxygen atoms in total. The second-order valence-corrected chi connectivity index (χ2v) is 7.10. The molecule has 0 bridgehead atoms. The minimum absolute atomic E-state index is 0.131. The average molecular weight is 363 g/mol. The minimum atomic E-state index is -0.271. The first-order chi connectivity index (χ1) is 12.2. The molecule has 1 amide bonds. The van der Waals surface area contributed by atoms with Gasteiger partial charge in [-0.3, -0.25) is 4.79 Å². The Bertz CT molecular complexity index is 712. The van der Waals surface area contributed by atoms with Crippen molar-refractivity contribution in [2.75, 3.05) is 18.8 Å². The molecule has 25 heavy (non-hydrogen) atoms. The van der Waals surface area contributed by atoms with E-state index in [1.165, 1.54) is 30.3 Å². The molecular formula is C18H22FN3O2S. The van der Waals surface area contributed by atoms with Crippen molar-refractivity contribution in [1.82, 2.24) is 14.5 Å². The highest BCUT2D eigenvalue weighted by Crippen LogP contribution is 2.21. The van der Waals surface area contributed by atoms with E-state index in [1.807, 2.05) is 9.47 Å². The number of aliphatic hydroxyl groups excluding tert-OH is 1. The zero-order chi connectivity index (χ0) is 17.6. The molecule has 0 spiro atoms. The monoisotopic (exact) mass is 363 g/mol. The van der Waals surface area contributed by atoms with Crippen LogP contribution in [0.25, 0.3) is 0 Å². The van der Waals surface area contributed by atoms with Gasteiger partial charge in [-0.2, -0.15) is 0 Å². The van der Waals surface area contributed by atoms with Crippen molar-refractivity contribution in [1.29, 1.82) is 0 Å². The predicted octanol–water partition coefficient (Wildman–Crippen LogP) is 2.67. The van der Waals surface area contributed by atoms with Gasteiger partial charge in [0.1, 0.15) is 5.82 Å². The van der Waals surface area contributed by atoms with Crippen molar-refractivity contribution >= 4 is 17.7 Å². The molecule has 1 aromatic heterocycles. The fourth-order valence-electron chi connectivity index (χ4n) is 2.90. The number of carbonyl (C=O) groups excluding carboxylic acids is 1. The van der Waals surface area contributed by atoms with E-state index in [0.29, 0.717) is 23.1 Å². The maximum absolute atomic E-state index is 13.1. The van der Waals surface area contributed by atoms with Gasteiger partial charge in [-0.15, -0.1) is 0 Å². The zero-order valence-electron chi connectivity index (χ0n) is 14.0. The van der Waals surface area contributed by atoms with Gasteiger partial charge < -0.3 is 14.6 Å². The largest absolute Gasteiger partial charge is 0.390 e. The highest BCUT2D eigenvalue weighted by atomic mass is 32.2. The normalized spacial score (nSPS) is 14.7. The number of halogens is 1. The molecule has 0 aliphatic carbocycles. The molecule has 0 saturated carbocycles. The maximum atomic E-state index is 13.1. The highest BCUT2D eigenvalue weighted by Gasteiger charge is 2.18. The Hall–Kier alpha value is -1.86. The van der Waals surface area contributed by atoms with Gasteiger partial charge in [-0.05, 0) is 37.0 Å². The van der Waals surface area contributed by atoms with Gasteiger partial charge in [-0.25, -0.2) is 9.37 Å². The number of benzene rings is 1. The van der Waals surface area contributed by atoms with Gasteiger partial charge in [0.2, 0.25) is 5.91 Å². The molecule has 1 aliphatic heterocycles. The third kappa shape index (κ3) is 4.83. The number of aromatic nitrogens is 2. The van der Waals surface area contributed by atoms with Gasteiger partial charge in [0, 0.05) is 25.8 Å². The summed E-state index contributed by atoms with van der Waals surface area (Å²) in [7, 11) is 0. The molecule has 1 fully saturated rings. The molecule has 7 heteroatoms. The lowest BCUT2D eigenvalue weighted by atomic mass is 10.1. The van der Waals surface area contributed by atoms with Crippen LogP contribution in [0.3, 0.4) is 0 Å². The highest BCUT2D eigenvalue weighted by molar-refractivity contribution is 7.99. The molecule has 0 atom stereocenters. The molecule has 134 valence electrons. The summed E-state index contributed by atoms with van der Waals surface area (Å²) in [6, 6.07) is 6.29. The van der Waals surface area contributed by atoms with Gasteiger partial charge in [0.25, 0.3) is 0 Å². The molecule has 1 aliphatic rings. The number of hydrogen-bond donors (Lipinski definition) is 1. The number of hydrogen-bond acceptors (Lipinski definition) is 4. The number of imidazole rings is 1. The topological polar surface area (TPSA) is 58.4 Å². The first-order valence-corrected chi connectivity index (χ1v) is 9.46. The van der Waals surface area contributed by atoms with E-state index in [-0.39, 0.29) is 18.3 Å². The second-order valence-electron chi connectivity index (χ2n) is 6.16. The predicted molar refractivity (Wildman–Crippen MR) is 94.8 cm³/mol. The molecule has 1 saturated heterocycles. The summed E-state index contributed by atoms with van der Waals surface area (Å²) in [5, 5.41) is 10.0. The Morgan fingerprint density at radius 1 is 1.20 bits per heavy atom. The fourth-order valence-corrected chi connectivity index (χ4v) is 3.80. The number of amides is 1. The third-order valence-corrected chi connectivity index (χ3v) is 5.23. The summed E-state index contributed by atoms with van der Waals surface area (Å²) < 4.78 is 14.9. The van der Waals surface area contributed by atoms with Crippen molar-refractivity contribution < 1.29 is 14.3 Å². The molecule has 0 radical (unpaired) electrons. The standard InChI is InChI=1S/C18H22FN3O2S/c19-15-6-4-14(5-7-15)10-22-11-16(12-23)20-18(22)25-13-17(24)21-8-2-1-3-9-21/h4-7,11,23H,1-3,8-10,12-13H2. The summed E-state index contributed by atoms with van der Waals surface area (Å²) in [6.45, 7) is 2.05. The first kappa shape index (κ1) is 17.9. The fraction of sp³-hybridized carbons (Fsp3) is 0.444. The van der Waals surface area contributed by atoms with Crippen LogP contribution >= 0.6 is 11.8 Å². The smallest absolute Gasteiger partial charge is 0.233 e. The number of carbonyl (C=O) groups is 1. The summed E-state index contributed by atoms with van der Waals surface area (Å²) in [5.74, 6) is 0.199. The van der Waals surface area contributed by atoms with Crippen LogP contribution in [-0.2, 0) is 17.9 Å². The number of aliphatic hydroxyl groups is 1. The van der Waals surface area contributed by atoms with E-state index in [2.05, 4.69) is 4.98 Å². The quantitative estimate of drug-likeness (QED) is 0.802. The van der Waals surface area contributed by atoms with Crippen LogP contribution in [0.15, 0.2) is 35.6 Å². The molecular weight excluding hydrogens is 341 g/mol. The van der Waals surface area contributed by atoms with Crippen LogP contribution in [0.5, 0.6) is 0 Å². The second kappa shape index (κ2) is 8.49. The molecule has 2 aromatic rings. The Labute approximate surface area is 150 Å². The number of likely N-dealkylation sites (tertiary alicyclic amines) is 1. The lowest BCUT2D eigenvalue weighted by Crippen LogP contribution is -2.36. The van der Waals surface area contributed by atoms with Gasteiger partial charge >= 0.3 is 0 Å². The van der Waals surface area contributed by atoms with Crippen LogP contribution in [0.2, 0.25) is 0 Å². The molecule has 1 aromatic carbocycles. The Kier molecular flexibility index (Phi) is 6.09. The third-order valence-electron chi connectivity index (χ3n) is 4.25. The molecule has 0 unspecified atom stereocenters. The van der Waals surface area contributed by atoms with Crippen molar-refractivity contribution in [3.8, 4) is 0 Å². The number of rotatable bonds is 6. The van der Waals surface area contributed by atoms with E-state index in [4.69, 9.17) is 0 Å². The van der Waals surface area contributed by atoms with Crippen LogP contribution < -0.4 is 0 Å². The van der Waals surface area contributed by atoms with Gasteiger partial charge in [0.15, 0.2) is 5.16 Å². The van der Waals surface area contributed by atoms with Crippen molar-refractivity contribution in [3.05, 3.63) is 47.5 Å². The Morgan fingerprint density at radius 3 is 2.60 bits per heavy atom. The minimum Gasteiger partial charge on any atom is -0.390 e. The maximum Gasteiger partial charge on any atom is 0.233 e. The number of thioether (sulfide) groups is 1. The lowest BCUT2D eigenvalue weighted by Gasteiger charge is -2.26. The molecule has 2 heterocycles. The van der Waals surface area contributed by atoms with E-state index in [1.54, 1.807) is 18.3 Å². The van der Waals surface area contributed by atoms with Crippen LogP contribution in [0.4, 0.5) is 4.39 Å². The zero-order valence-corrected chi connectivity index (χ0v) is 14.8. The average Bonchev–Trinajstić information content (AvgIpc) is 3.04. The summed E-state index contributed by atoms with van der Waals surface area (Å²) >= 11 is 1.38. The van der Waals surface area contributed by atoms with Crippen LogP contribution in [0, 0.1) is 5.82 Å². The van der Waals surface area contributed by atoms with Crippen molar-refractivity contribution in [2.24, 2.45) is 0 Å². The summed E-state index contributed by atoms with van der Waals surface area (Å²) in [6.07, 6.45) is 5.12. The van der Waals surface area contributed by atoms with E-state index < -0.39 is 0 Å². The number of piperidine rings is 1. The van der Waals surface area contributed by atoms with E-state index >= 15 is 0 Å². The Balaban J connectivity index is 1.66. The van der Waals surface area contributed by atoms with Crippen molar-refractivity contribution in [3.63, 3.8) is 0 Å². The summed E-state index contributed by atoms with van der Waals surface area (Å²) in [4.78, 5) is 18.6. The molecule has 3 rings (SSSR count). The number of nitrogens with zero attached hydrogens (tertiary/aromatic N) is 3. The summed E-state index contributed by atoms with van der Waals surface area (Å²) in [5.41, 5.74) is 1.50. The Morgan fingerprint density at radius 2 is 1.92 bits per heavy atom. The molecule has 1 N–H and O–H groups in total. The van der Waals surface area contributed by atoms with Gasteiger partial charge in [-0.1, -0.05) is 23.9 Å².